The molecule has 18 heavy (non-hydrogen) atoms. The van der Waals surface area contributed by atoms with Crippen LogP contribution >= 0.6 is 0 Å². The number of carbonyl (C=O) groups is 2. The molecule has 0 radical (unpaired) electrons. The third kappa shape index (κ3) is 2.00. The fraction of sp³-hybridized carbons (Fsp3) is 0.167. The Hall–Kier alpha value is -2.50. The number of hydrogen-bond acceptors (Lipinski definition) is 4. The van der Waals surface area contributed by atoms with Gasteiger partial charge in [-0.05, 0) is 17.7 Å². The van der Waals surface area contributed by atoms with Gasteiger partial charge >= 0.3 is 11.9 Å². The van der Waals surface area contributed by atoms with Crippen molar-refractivity contribution in [1.29, 1.82) is 0 Å². The Kier molecular flexibility index (Phi) is 2.93. The van der Waals surface area contributed by atoms with E-state index in [4.69, 9.17) is 14.9 Å². The van der Waals surface area contributed by atoms with E-state index >= 15 is 0 Å². The van der Waals surface area contributed by atoms with Crippen LogP contribution < -0.4 is 4.74 Å². The molecule has 1 unspecified atom stereocenters. The molecule has 0 saturated heterocycles. The Labute approximate surface area is 102 Å². The van der Waals surface area contributed by atoms with Crippen LogP contribution in [0.5, 0.6) is 11.5 Å². The fourth-order valence-electron chi connectivity index (χ4n) is 1.87. The minimum absolute atomic E-state index is 0.0733. The molecule has 0 saturated carbocycles. The van der Waals surface area contributed by atoms with Gasteiger partial charge in [0, 0.05) is 11.6 Å². The Morgan fingerprint density at radius 3 is 2.67 bits per heavy atom. The molecule has 6 heteroatoms. The van der Waals surface area contributed by atoms with Gasteiger partial charge in [0.2, 0.25) is 0 Å². The second-order valence-corrected chi connectivity index (χ2v) is 3.79. The molecule has 1 aromatic carbocycles. The van der Waals surface area contributed by atoms with Crippen molar-refractivity contribution in [3.8, 4) is 11.5 Å². The van der Waals surface area contributed by atoms with Gasteiger partial charge in [-0.2, -0.15) is 0 Å². The Morgan fingerprint density at radius 1 is 1.33 bits per heavy atom. The average molecular weight is 250 g/mol. The first kappa shape index (κ1) is 12.0. The van der Waals surface area contributed by atoms with Crippen molar-refractivity contribution < 1.29 is 29.6 Å². The Morgan fingerprint density at radius 2 is 2.06 bits per heavy atom. The van der Waals surface area contributed by atoms with Crippen molar-refractivity contribution >= 4 is 18.0 Å². The van der Waals surface area contributed by atoms with Gasteiger partial charge < -0.3 is 20.1 Å². The van der Waals surface area contributed by atoms with Gasteiger partial charge in [-0.15, -0.1) is 0 Å². The molecule has 0 bridgehead atoms. The SMILES string of the molecule is O=C(O)/C=C/c1ccc(O)c2c1C(C(=O)O)CO2. The molecule has 0 aliphatic carbocycles. The van der Waals surface area contributed by atoms with Crippen LogP contribution in [0.1, 0.15) is 17.0 Å². The summed E-state index contributed by atoms with van der Waals surface area (Å²) < 4.78 is 5.14. The minimum Gasteiger partial charge on any atom is -0.504 e. The highest BCUT2D eigenvalue weighted by atomic mass is 16.5. The largest absolute Gasteiger partial charge is 0.504 e. The van der Waals surface area contributed by atoms with Crippen molar-refractivity contribution in [2.45, 2.75) is 5.92 Å². The lowest BCUT2D eigenvalue weighted by Crippen LogP contribution is -2.13. The molecule has 94 valence electrons. The van der Waals surface area contributed by atoms with E-state index < -0.39 is 17.9 Å². The van der Waals surface area contributed by atoms with Crippen molar-refractivity contribution in [3.05, 3.63) is 29.3 Å². The first-order chi connectivity index (χ1) is 8.50. The van der Waals surface area contributed by atoms with Crippen LogP contribution in [-0.4, -0.2) is 33.9 Å². The molecule has 1 aliphatic rings. The monoisotopic (exact) mass is 250 g/mol. The van der Waals surface area contributed by atoms with Gasteiger partial charge in [0.05, 0.1) is 0 Å². The first-order valence-electron chi connectivity index (χ1n) is 5.13. The molecule has 3 N–H and O–H groups in total. The minimum atomic E-state index is -1.14. The van der Waals surface area contributed by atoms with E-state index in [0.29, 0.717) is 11.1 Å². The van der Waals surface area contributed by atoms with Crippen LogP contribution in [-0.2, 0) is 9.59 Å². The molecule has 1 aromatic rings. The molecule has 0 aromatic heterocycles. The van der Waals surface area contributed by atoms with E-state index in [-0.39, 0.29) is 18.1 Å². The van der Waals surface area contributed by atoms with Crippen LogP contribution in [0.2, 0.25) is 0 Å². The van der Waals surface area contributed by atoms with E-state index in [1.165, 1.54) is 18.2 Å². The van der Waals surface area contributed by atoms with Gasteiger partial charge in [-0.25, -0.2) is 4.79 Å². The number of hydrogen-bond donors (Lipinski definition) is 3. The maximum Gasteiger partial charge on any atom is 0.328 e. The van der Waals surface area contributed by atoms with Crippen molar-refractivity contribution in [2.24, 2.45) is 0 Å². The number of phenolic OH excluding ortho intramolecular Hbond substituents is 1. The summed E-state index contributed by atoms with van der Waals surface area (Å²) in [5, 5.41) is 27.2. The number of carboxylic acid groups (broad SMARTS) is 2. The summed E-state index contributed by atoms with van der Waals surface area (Å²) in [5.74, 6) is -3.16. The molecule has 1 aliphatic heterocycles. The Bertz CT molecular complexity index is 546. The third-order valence-electron chi connectivity index (χ3n) is 2.66. The predicted molar refractivity (Wildman–Crippen MR) is 60.6 cm³/mol. The second kappa shape index (κ2) is 4.40. The maximum absolute atomic E-state index is 11.1. The van der Waals surface area contributed by atoms with E-state index in [0.717, 1.165) is 6.08 Å². The highest BCUT2D eigenvalue weighted by Gasteiger charge is 2.34. The van der Waals surface area contributed by atoms with E-state index in [1.54, 1.807) is 0 Å². The topological polar surface area (TPSA) is 104 Å². The molecule has 0 spiro atoms. The fourth-order valence-corrected chi connectivity index (χ4v) is 1.87. The molecular weight excluding hydrogens is 240 g/mol. The number of phenols is 1. The normalized spacial score (nSPS) is 17.4. The molecule has 1 atom stereocenters. The summed E-state index contributed by atoms with van der Waals surface area (Å²) in [6.45, 7) is -0.0733. The lowest BCUT2D eigenvalue weighted by Gasteiger charge is -2.07. The van der Waals surface area contributed by atoms with Crippen molar-refractivity contribution in [2.75, 3.05) is 6.61 Å². The summed E-state index contributed by atoms with van der Waals surface area (Å²) in [7, 11) is 0. The quantitative estimate of drug-likeness (QED) is 0.692. The molecule has 6 nitrogen and oxygen atoms in total. The third-order valence-corrected chi connectivity index (χ3v) is 2.66. The molecule has 1 heterocycles. The molecular formula is C12H10O6. The van der Waals surface area contributed by atoms with Gasteiger partial charge in [0.25, 0.3) is 0 Å². The van der Waals surface area contributed by atoms with Crippen LogP contribution in [0.15, 0.2) is 18.2 Å². The summed E-state index contributed by atoms with van der Waals surface area (Å²) in [5.41, 5.74) is 0.718. The van der Waals surface area contributed by atoms with Gasteiger partial charge in [0.15, 0.2) is 11.5 Å². The molecule has 0 fully saturated rings. The van der Waals surface area contributed by atoms with Crippen LogP contribution in [0, 0.1) is 0 Å². The number of rotatable bonds is 3. The number of aliphatic carboxylic acids is 2. The van der Waals surface area contributed by atoms with Crippen molar-refractivity contribution in [1.82, 2.24) is 0 Å². The summed E-state index contributed by atoms with van der Waals surface area (Å²) in [4.78, 5) is 21.5. The number of aromatic hydroxyl groups is 1. The number of carboxylic acids is 2. The highest BCUT2D eigenvalue weighted by molar-refractivity contribution is 5.88. The number of benzene rings is 1. The lowest BCUT2D eigenvalue weighted by atomic mass is 9.95. The predicted octanol–water partition coefficient (Wildman–Crippen LogP) is 1.05. The van der Waals surface area contributed by atoms with Gasteiger partial charge in [0.1, 0.15) is 12.5 Å². The van der Waals surface area contributed by atoms with Crippen molar-refractivity contribution in [3.63, 3.8) is 0 Å². The lowest BCUT2D eigenvalue weighted by molar-refractivity contribution is -0.139. The zero-order valence-corrected chi connectivity index (χ0v) is 9.16. The van der Waals surface area contributed by atoms with Crippen LogP contribution in [0.3, 0.4) is 0 Å². The summed E-state index contributed by atoms with van der Waals surface area (Å²) in [6, 6.07) is 2.79. The molecule has 0 amide bonds. The van der Waals surface area contributed by atoms with E-state index in [1.807, 2.05) is 0 Å². The maximum atomic E-state index is 11.1. The Balaban J connectivity index is 2.53. The first-order valence-corrected chi connectivity index (χ1v) is 5.13. The second-order valence-electron chi connectivity index (χ2n) is 3.79. The number of ether oxygens (including phenoxy) is 1. The smallest absolute Gasteiger partial charge is 0.328 e. The summed E-state index contributed by atoms with van der Waals surface area (Å²) >= 11 is 0. The zero-order chi connectivity index (χ0) is 13.3. The van der Waals surface area contributed by atoms with Crippen LogP contribution in [0.25, 0.3) is 6.08 Å². The highest BCUT2D eigenvalue weighted by Crippen LogP contribution is 2.43. The number of fused-ring (bicyclic) bond motifs is 1. The van der Waals surface area contributed by atoms with Crippen LogP contribution in [0.4, 0.5) is 0 Å². The summed E-state index contributed by atoms with van der Waals surface area (Å²) in [6.07, 6.45) is 2.19. The van der Waals surface area contributed by atoms with Gasteiger partial charge in [-0.3, -0.25) is 4.79 Å². The average Bonchev–Trinajstić information content (AvgIpc) is 2.73. The van der Waals surface area contributed by atoms with E-state index in [9.17, 15) is 14.7 Å². The van der Waals surface area contributed by atoms with E-state index in [2.05, 4.69) is 0 Å². The zero-order valence-electron chi connectivity index (χ0n) is 9.16. The standard InChI is InChI=1S/C12H10O6/c13-8-3-1-6(2-4-9(14)15)10-7(12(16)17)5-18-11(8)10/h1-4,7,13H,5H2,(H,14,15)(H,16,17)/b4-2+. The van der Waals surface area contributed by atoms with Gasteiger partial charge in [-0.1, -0.05) is 6.07 Å². The molecule has 2 rings (SSSR count).